The van der Waals surface area contributed by atoms with Crippen LogP contribution in [-0.2, 0) is 10.0 Å². The van der Waals surface area contributed by atoms with Gasteiger partial charge in [0.25, 0.3) is 10.0 Å². The van der Waals surface area contributed by atoms with Gasteiger partial charge in [-0.15, -0.1) is 11.8 Å². The van der Waals surface area contributed by atoms with Crippen LogP contribution < -0.4 is 9.83 Å². The number of hydrogen-bond acceptors (Lipinski definition) is 5. The Hall–Kier alpha value is -1.99. The summed E-state index contributed by atoms with van der Waals surface area (Å²) in [5, 5.41) is 11.0. The molecule has 1 N–H and O–H groups in total. The molecule has 0 aromatic heterocycles. The summed E-state index contributed by atoms with van der Waals surface area (Å²) in [6.45, 7) is 3.30. The maximum Gasteiger partial charge on any atom is 0.262 e. The minimum absolute atomic E-state index is 0.0642. The third-order valence-electron chi connectivity index (χ3n) is 3.49. The second kappa shape index (κ2) is 6.64. The number of rotatable bonds is 5. The van der Waals surface area contributed by atoms with E-state index < -0.39 is 16.0 Å². The van der Waals surface area contributed by atoms with Gasteiger partial charge in [-0.05, 0) is 73.2 Å². The molecule has 5 nitrogen and oxygen atoms in total. The predicted molar refractivity (Wildman–Crippen MR) is 89.3 cm³/mol. The van der Waals surface area contributed by atoms with Crippen molar-refractivity contribution in [1.29, 1.82) is 0 Å². The zero-order valence-electron chi connectivity index (χ0n) is 12.9. The molecule has 0 unspecified atom stereocenters. The Morgan fingerprint density at radius 3 is 2.26 bits per heavy atom. The average molecular weight is 350 g/mol. The molecule has 0 saturated heterocycles. The molecule has 0 aliphatic rings. The van der Waals surface area contributed by atoms with Crippen LogP contribution in [0.2, 0.25) is 0 Å². The smallest absolute Gasteiger partial charge is 0.262 e. The summed E-state index contributed by atoms with van der Waals surface area (Å²) in [5.41, 5.74) is 1.33. The monoisotopic (exact) mass is 350 g/mol. The van der Waals surface area contributed by atoms with Crippen LogP contribution in [0.5, 0.6) is 0 Å². The van der Waals surface area contributed by atoms with Gasteiger partial charge in [-0.25, -0.2) is 8.42 Å². The van der Waals surface area contributed by atoms with E-state index in [0.717, 1.165) is 11.0 Å². The lowest BCUT2D eigenvalue weighted by atomic mass is 10.1. The molecule has 0 radical (unpaired) electrons. The van der Waals surface area contributed by atoms with Crippen molar-refractivity contribution in [2.45, 2.75) is 23.6 Å². The number of carboxylic acids is 1. The first-order chi connectivity index (χ1) is 10.7. The Kier molecular flexibility index (Phi) is 5.01. The third-order valence-corrected chi connectivity index (χ3v) is 5.74. The molecule has 122 valence electrons. The summed E-state index contributed by atoms with van der Waals surface area (Å²) >= 11 is 1.55. The molecule has 7 heteroatoms. The first-order valence-electron chi connectivity index (χ1n) is 6.74. The number of anilines is 1. The standard InChI is InChI=1S/C16H17NO4S2/c1-10-8-12(16(18)19)9-15(11(10)2)23(20,21)17-13-4-6-14(22-3)7-5-13/h4-9,17H,1-3H3,(H,18,19)/p-1. The molecule has 2 aromatic rings. The second-order valence-corrected chi connectivity index (χ2v) is 7.57. The van der Waals surface area contributed by atoms with Crippen molar-refractivity contribution in [3.05, 3.63) is 53.1 Å². The largest absolute Gasteiger partial charge is 0.545 e. The van der Waals surface area contributed by atoms with Crippen molar-refractivity contribution in [3.8, 4) is 0 Å². The van der Waals surface area contributed by atoms with Gasteiger partial charge in [-0.2, -0.15) is 0 Å². The van der Waals surface area contributed by atoms with E-state index in [1.165, 1.54) is 6.07 Å². The Morgan fingerprint density at radius 1 is 1.13 bits per heavy atom. The third kappa shape index (κ3) is 3.86. The number of carboxylic acid groups (broad SMARTS) is 1. The van der Waals surface area contributed by atoms with Crippen molar-refractivity contribution in [2.24, 2.45) is 0 Å². The topological polar surface area (TPSA) is 86.3 Å². The van der Waals surface area contributed by atoms with Crippen LogP contribution in [0.25, 0.3) is 0 Å². The quantitative estimate of drug-likeness (QED) is 0.836. The van der Waals surface area contributed by atoms with E-state index in [-0.39, 0.29) is 10.5 Å². The van der Waals surface area contributed by atoms with Crippen molar-refractivity contribution >= 4 is 33.4 Å². The Balaban J connectivity index is 2.44. The lowest BCUT2D eigenvalue weighted by Gasteiger charge is -2.15. The molecule has 0 saturated carbocycles. The molecule has 0 amide bonds. The first-order valence-corrected chi connectivity index (χ1v) is 9.45. The SMILES string of the molecule is CSc1ccc(NS(=O)(=O)c2cc(C(=O)[O-])cc(C)c2C)cc1. The van der Waals surface area contributed by atoms with Gasteiger partial charge < -0.3 is 9.90 Å². The van der Waals surface area contributed by atoms with Gasteiger partial charge in [0, 0.05) is 10.6 Å². The minimum Gasteiger partial charge on any atom is -0.545 e. The van der Waals surface area contributed by atoms with Gasteiger partial charge in [0.1, 0.15) is 0 Å². The van der Waals surface area contributed by atoms with Crippen LogP contribution in [0, 0.1) is 13.8 Å². The van der Waals surface area contributed by atoms with E-state index in [2.05, 4.69) is 4.72 Å². The fraction of sp³-hybridized carbons (Fsp3) is 0.188. The Morgan fingerprint density at radius 2 is 1.74 bits per heavy atom. The average Bonchev–Trinajstić information content (AvgIpc) is 2.49. The lowest BCUT2D eigenvalue weighted by Crippen LogP contribution is -2.23. The molecule has 0 bridgehead atoms. The zero-order valence-corrected chi connectivity index (χ0v) is 14.5. The van der Waals surface area contributed by atoms with Crippen molar-refractivity contribution in [2.75, 3.05) is 11.0 Å². The number of hydrogen-bond donors (Lipinski definition) is 1. The second-order valence-electron chi connectivity index (χ2n) is 5.04. The predicted octanol–water partition coefficient (Wildman–Crippen LogP) is 2.19. The van der Waals surface area contributed by atoms with E-state index in [1.807, 2.05) is 6.26 Å². The van der Waals surface area contributed by atoms with Crippen LogP contribution in [0.4, 0.5) is 5.69 Å². The van der Waals surface area contributed by atoms with Crippen LogP contribution >= 0.6 is 11.8 Å². The van der Waals surface area contributed by atoms with Crippen LogP contribution in [0.15, 0.2) is 46.2 Å². The molecule has 0 atom stereocenters. The molecule has 0 aliphatic heterocycles. The summed E-state index contributed by atoms with van der Waals surface area (Å²) in [6.07, 6.45) is 1.93. The number of aryl methyl sites for hydroxylation is 1. The van der Waals surface area contributed by atoms with Gasteiger partial charge in [-0.1, -0.05) is 0 Å². The van der Waals surface area contributed by atoms with Crippen LogP contribution in [-0.4, -0.2) is 20.6 Å². The summed E-state index contributed by atoms with van der Waals surface area (Å²) in [6, 6.07) is 9.45. The van der Waals surface area contributed by atoms with E-state index >= 15 is 0 Å². The van der Waals surface area contributed by atoms with Crippen LogP contribution in [0.3, 0.4) is 0 Å². The van der Waals surface area contributed by atoms with Crippen molar-refractivity contribution in [3.63, 3.8) is 0 Å². The number of aromatic carboxylic acids is 1. The molecule has 23 heavy (non-hydrogen) atoms. The van der Waals surface area contributed by atoms with Gasteiger partial charge in [0.05, 0.1) is 10.9 Å². The molecule has 0 fully saturated rings. The molecule has 2 rings (SSSR count). The summed E-state index contributed by atoms with van der Waals surface area (Å²) < 4.78 is 27.6. The maximum absolute atomic E-state index is 12.6. The fourth-order valence-corrected chi connectivity index (χ4v) is 3.90. The van der Waals surface area contributed by atoms with E-state index in [4.69, 9.17) is 0 Å². The van der Waals surface area contributed by atoms with E-state index in [0.29, 0.717) is 16.8 Å². The molecular formula is C16H16NO4S2-. The highest BCUT2D eigenvalue weighted by molar-refractivity contribution is 7.98. The summed E-state index contributed by atoms with van der Waals surface area (Å²) in [4.78, 5) is 12.0. The number of carbonyl (C=O) groups excluding carboxylic acids is 1. The highest BCUT2D eigenvalue weighted by Gasteiger charge is 2.19. The van der Waals surface area contributed by atoms with Gasteiger partial charge >= 0.3 is 0 Å². The number of nitrogens with one attached hydrogen (secondary N) is 1. The first kappa shape index (κ1) is 17.4. The Labute approximate surface area is 139 Å². The van der Waals surface area contributed by atoms with Crippen molar-refractivity contribution < 1.29 is 18.3 Å². The van der Waals surface area contributed by atoms with Gasteiger partial charge in [-0.3, -0.25) is 4.72 Å². The number of benzene rings is 2. The van der Waals surface area contributed by atoms with Gasteiger partial charge in [0.15, 0.2) is 0 Å². The van der Waals surface area contributed by atoms with E-state index in [9.17, 15) is 18.3 Å². The highest BCUT2D eigenvalue weighted by atomic mass is 32.2. The van der Waals surface area contributed by atoms with Gasteiger partial charge in [0.2, 0.25) is 0 Å². The number of thioether (sulfide) groups is 1. The maximum atomic E-state index is 12.6. The highest BCUT2D eigenvalue weighted by Crippen LogP contribution is 2.24. The Bertz CT molecular complexity index is 843. The molecule has 0 spiro atoms. The number of carbonyl (C=O) groups is 1. The molecular weight excluding hydrogens is 334 g/mol. The molecule has 2 aromatic carbocycles. The minimum atomic E-state index is -3.89. The summed E-state index contributed by atoms with van der Waals surface area (Å²) in [7, 11) is -3.89. The normalized spacial score (nSPS) is 11.3. The zero-order chi connectivity index (χ0) is 17.2. The van der Waals surface area contributed by atoms with Crippen molar-refractivity contribution in [1.82, 2.24) is 0 Å². The summed E-state index contributed by atoms with van der Waals surface area (Å²) in [5.74, 6) is -1.41. The van der Waals surface area contributed by atoms with Crippen LogP contribution in [0.1, 0.15) is 21.5 Å². The molecule has 0 heterocycles. The fourth-order valence-electron chi connectivity index (χ4n) is 2.09. The number of sulfonamides is 1. The van der Waals surface area contributed by atoms with E-state index in [1.54, 1.807) is 49.9 Å². The lowest BCUT2D eigenvalue weighted by molar-refractivity contribution is -0.255. The molecule has 0 aliphatic carbocycles.